The van der Waals surface area contributed by atoms with Crippen LogP contribution in [0.4, 0.5) is 0 Å². The van der Waals surface area contributed by atoms with E-state index in [1.54, 1.807) is 7.11 Å². The number of nitriles is 1. The molecule has 3 nitrogen and oxygen atoms in total. The number of nitrogens with zero attached hydrogens (tertiary/aromatic N) is 2. The van der Waals surface area contributed by atoms with E-state index < -0.39 is 0 Å². The highest BCUT2D eigenvalue weighted by Crippen LogP contribution is 2.41. The fourth-order valence-corrected chi connectivity index (χ4v) is 3.45. The smallest absolute Gasteiger partial charge is 0.0672 e. The highest BCUT2D eigenvalue weighted by molar-refractivity contribution is 5.00. The normalized spacial score (nSPS) is 27.9. The number of rotatable bonds is 5. The van der Waals surface area contributed by atoms with Crippen molar-refractivity contribution in [2.24, 2.45) is 17.3 Å². The van der Waals surface area contributed by atoms with Crippen LogP contribution in [0, 0.1) is 28.6 Å². The SMILES string of the molecule is COCCN(C(C)C)C1CC(C(C)(C)C)CCC1C#N. The lowest BCUT2D eigenvalue weighted by Gasteiger charge is -2.45. The van der Waals surface area contributed by atoms with Crippen molar-refractivity contribution >= 4 is 0 Å². The molecule has 0 heterocycles. The highest BCUT2D eigenvalue weighted by Gasteiger charge is 2.39. The molecule has 20 heavy (non-hydrogen) atoms. The predicted molar refractivity (Wildman–Crippen MR) is 83.4 cm³/mol. The number of ether oxygens (including phenoxy) is 1. The van der Waals surface area contributed by atoms with Gasteiger partial charge in [-0.2, -0.15) is 5.26 Å². The minimum atomic E-state index is 0.174. The summed E-state index contributed by atoms with van der Waals surface area (Å²) in [7, 11) is 1.75. The number of methoxy groups -OCH3 is 1. The maximum atomic E-state index is 9.50. The first kappa shape index (κ1) is 17.5. The van der Waals surface area contributed by atoms with Gasteiger partial charge >= 0.3 is 0 Å². The van der Waals surface area contributed by atoms with Crippen molar-refractivity contribution in [3.8, 4) is 6.07 Å². The molecule has 3 atom stereocenters. The first-order valence-corrected chi connectivity index (χ1v) is 7.95. The van der Waals surface area contributed by atoms with Crippen molar-refractivity contribution in [2.45, 2.75) is 66.0 Å². The summed E-state index contributed by atoms with van der Waals surface area (Å²) < 4.78 is 5.25. The Morgan fingerprint density at radius 2 is 1.95 bits per heavy atom. The standard InChI is InChI=1S/C17H32N2O/c1-13(2)19(9-10-20-6)16-11-15(17(3,4)5)8-7-14(16)12-18/h13-16H,7-11H2,1-6H3. The van der Waals surface area contributed by atoms with Crippen LogP contribution in [0.25, 0.3) is 0 Å². The van der Waals surface area contributed by atoms with Crippen LogP contribution in [0.3, 0.4) is 0 Å². The van der Waals surface area contributed by atoms with Crippen molar-refractivity contribution in [3.63, 3.8) is 0 Å². The molecule has 1 saturated carbocycles. The summed E-state index contributed by atoms with van der Waals surface area (Å²) in [5.41, 5.74) is 0.336. The molecule has 0 amide bonds. The predicted octanol–water partition coefficient (Wildman–Crippen LogP) is 3.70. The van der Waals surface area contributed by atoms with E-state index in [-0.39, 0.29) is 5.92 Å². The van der Waals surface area contributed by atoms with Gasteiger partial charge in [0.05, 0.1) is 18.6 Å². The number of hydrogen-bond acceptors (Lipinski definition) is 3. The second kappa shape index (κ2) is 7.43. The summed E-state index contributed by atoms with van der Waals surface area (Å²) >= 11 is 0. The van der Waals surface area contributed by atoms with Gasteiger partial charge in [0.1, 0.15) is 0 Å². The summed E-state index contributed by atoms with van der Waals surface area (Å²) in [5.74, 6) is 0.883. The molecule has 3 unspecified atom stereocenters. The average molecular weight is 280 g/mol. The second-order valence-electron chi connectivity index (χ2n) is 7.50. The molecule has 3 heteroatoms. The average Bonchev–Trinajstić information content (AvgIpc) is 2.37. The van der Waals surface area contributed by atoms with E-state index in [9.17, 15) is 5.26 Å². The lowest BCUT2D eigenvalue weighted by Crippen LogP contribution is -2.50. The van der Waals surface area contributed by atoms with Crippen molar-refractivity contribution in [2.75, 3.05) is 20.3 Å². The van der Waals surface area contributed by atoms with Crippen molar-refractivity contribution < 1.29 is 4.74 Å². The minimum absolute atomic E-state index is 0.174. The third-order valence-electron chi connectivity index (χ3n) is 4.85. The van der Waals surface area contributed by atoms with Crippen LogP contribution in [0.2, 0.25) is 0 Å². The van der Waals surface area contributed by atoms with Gasteiger partial charge < -0.3 is 4.74 Å². The Balaban J connectivity index is 2.86. The molecule has 0 spiro atoms. The lowest BCUT2D eigenvalue weighted by molar-refractivity contribution is 0.0260. The Labute approximate surface area is 125 Å². The van der Waals surface area contributed by atoms with Crippen LogP contribution in [0.5, 0.6) is 0 Å². The fourth-order valence-electron chi connectivity index (χ4n) is 3.45. The van der Waals surface area contributed by atoms with E-state index >= 15 is 0 Å². The molecule has 0 aromatic heterocycles. The van der Waals surface area contributed by atoms with Gasteiger partial charge in [0.25, 0.3) is 0 Å². The van der Waals surface area contributed by atoms with Gasteiger partial charge in [0.15, 0.2) is 0 Å². The van der Waals surface area contributed by atoms with Gasteiger partial charge in [-0.15, -0.1) is 0 Å². The van der Waals surface area contributed by atoms with Crippen LogP contribution in [-0.2, 0) is 4.74 Å². The minimum Gasteiger partial charge on any atom is -0.383 e. The van der Waals surface area contributed by atoms with E-state index in [4.69, 9.17) is 4.74 Å². The third kappa shape index (κ3) is 4.46. The molecule has 1 rings (SSSR count). The van der Waals surface area contributed by atoms with Gasteiger partial charge in [0.2, 0.25) is 0 Å². The van der Waals surface area contributed by atoms with E-state index in [2.05, 4.69) is 45.6 Å². The van der Waals surface area contributed by atoms with Gasteiger partial charge in [-0.3, -0.25) is 4.90 Å². The second-order valence-corrected chi connectivity index (χ2v) is 7.50. The Hall–Kier alpha value is -0.590. The largest absolute Gasteiger partial charge is 0.383 e. The molecule has 0 aromatic rings. The summed E-state index contributed by atoms with van der Waals surface area (Å²) in [6, 6.07) is 3.40. The molecule has 0 aliphatic heterocycles. The molecular formula is C17H32N2O. The Bertz CT molecular complexity index is 327. The van der Waals surface area contributed by atoms with Gasteiger partial charge in [-0.25, -0.2) is 0 Å². The summed E-state index contributed by atoms with van der Waals surface area (Å²) in [5, 5.41) is 9.50. The van der Waals surface area contributed by atoms with Crippen LogP contribution in [0.15, 0.2) is 0 Å². The summed E-state index contributed by atoms with van der Waals surface area (Å²) in [4.78, 5) is 2.48. The van der Waals surface area contributed by atoms with Gasteiger partial charge in [-0.05, 0) is 44.4 Å². The molecule has 0 bridgehead atoms. The molecular weight excluding hydrogens is 248 g/mol. The zero-order chi connectivity index (χ0) is 15.3. The monoisotopic (exact) mass is 280 g/mol. The maximum Gasteiger partial charge on any atom is 0.0672 e. The quantitative estimate of drug-likeness (QED) is 0.770. The Morgan fingerprint density at radius 1 is 1.30 bits per heavy atom. The maximum absolute atomic E-state index is 9.50. The lowest BCUT2D eigenvalue weighted by atomic mass is 9.67. The molecule has 1 fully saturated rings. The Morgan fingerprint density at radius 3 is 2.40 bits per heavy atom. The van der Waals surface area contributed by atoms with Crippen LogP contribution >= 0.6 is 0 Å². The van der Waals surface area contributed by atoms with Gasteiger partial charge in [-0.1, -0.05) is 20.8 Å². The topological polar surface area (TPSA) is 36.3 Å². The van der Waals surface area contributed by atoms with E-state index in [0.717, 1.165) is 26.0 Å². The van der Waals surface area contributed by atoms with Crippen LogP contribution in [-0.4, -0.2) is 37.2 Å². The molecule has 0 saturated heterocycles. The molecule has 0 radical (unpaired) electrons. The molecule has 1 aliphatic rings. The Kier molecular flexibility index (Phi) is 6.48. The zero-order valence-electron chi connectivity index (χ0n) is 14.1. The first-order chi connectivity index (χ1) is 9.31. The number of hydrogen-bond donors (Lipinski definition) is 0. The van der Waals surface area contributed by atoms with Crippen LogP contribution < -0.4 is 0 Å². The molecule has 116 valence electrons. The van der Waals surface area contributed by atoms with Crippen molar-refractivity contribution in [1.29, 1.82) is 5.26 Å². The van der Waals surface area contributed by atoms with Crippen LogP contribution in [0.1, 0.15) is 53.9 Å². The molecule has 1 aliphatic carbocycles. The molecule has 0 N–H and O–H groups in total. The van der Waals surface area contributed by atoms with E-state index in [1.165, 1.54) is 6.42 Å². The third-order valence-corrected chi connectivity index (χ3v) is 4.85. The van der Waals surface area contributed by atoms with E-state index in [1.807, 2.05) is 0 Å². The van der Waals surface area contributed by atoms with E-state index in [0.29, 0.717) is 23.4 Å². The summed E-state index contributed by atoms with van der Waals surface area (Å²) in [6.45, 7) is 13.1. The van der Waals surface area contributed by atoms with Gasteiger partial charge in [0, 0.05) is 25.7 Å². The van der Waals surface area contributed by atoms with Crippen molar-refractivity contribution in [1.82, 2.24) is 4.90 Å². The van der Waals surface area contributed by atoms with Crippen molar-refractivity contribution in [3.05, 3.63) is 0 Å². The summed E-state index contributed by atoms with van der Waals surface area (Å²) in [6.07, 6.45) is 3.37. The fraction of sp³-hybridized carbons (Fsp3) is 0.941. The highest BCUT2D eigenvalue weighted by atomic mass is 16.5. The first-order valence-electron chi connectivity index (χ1n) is 7.95. The molecule has 0 aromatic carbocycles. The zero-order valence-corrected chi connectivity index (χ0v) is 14.1.